The van der Waals surface area contributed by atoms with Crippen LogP contribution in [0, 0.1) is 5.92 Å². The number of nitrogens with zero attached hydrogens (tertiary/aromatic N) is 4. The number of rotatable bonds is 5. The second-order valence-corrected chi connectivity index (χ2v) is 9.92. The molecule has 11 heteroatoms. The summed E-state index contributed by atoms with van der Waals surface area (Å²) in [6, 6.07) is 2.15. The highest BCUT2D eigenvalue weighted by Gasteiger charge is 2.53. The summed E-state index contributed by atoms with van der Waals surface area (Å²) in [5, 5.41) is 10.6. The van der Waals surface area contributed by atoms with E-state index in [2.05, 4.69) is 20.5 Å². The summed E-state index contributed by atoms with van der Waals surface area (Å²) >= 11 is 7.56. The second kappa shape index (κ2) is 8.84. The fraction of sp³-hybridized carbons (Fsp3) is 0.524. The molecule has 2 saturated heterocycles. The number of halogens is 1. The first-order chi connectivity index (χ1) is 15.5. The molecule has 3 fully saturated rings. The number of nitrogens with one attached hydrogen (secondary N) is 1. The van der Waals surface area contributed by atoms with Crippen LogP contribution in [0.2, 0.25) is 0 Å². The maximum Gasteiger partial charge on any atom is 0.280 e. The number of ether oxygens (including phenoxy) is 1. The highest BCUT2D eigenvalue weighted by atomic mass is 35.5. The van der Waals surface area contributed by atoms with Crippen molar-refractivity contribution in [3.8, 4) is 10.6 Å². The molecule has 0 spiro atoms. The summed E-state index contributed by atoms with van der Waals surface area (Å²) in [4.78, 5) is 45.4. The Bertz CT molecular complexity index is 1030. The molecule has 5 rings (SSSR count). The quantitative estimate of drug-likeness (QED) is 0.654. The molecule has 1 saturated carbocycles. The largest absolute Gasteiger partial charge is 0.366 e. The minimum absolute atomic E-state index is 0.0103. The fourth-order valence-electron chi connectivity index (χ4n) is 4.81. The third kappa shape index (κ3) is 3.91. The van der Waals surface area contributed by atoms with Gasteiger partial charge in [-0.2, -0.15) is 5.10 Å². The van der Waals surface area contributed by atoms with E-state index < -0.39 is 29.5 Å². The normalized spacial score (nSPS) is 26.3. The van der Waals surface area contributed by atoms with E-state index in [4.69, 9.17) is 16.3 Å². The summed E-state index contributed by atoms with van der Waals surface area (Å²) in [5.41, 5.74) is 0.628. The number of alkyl halides is 1. The molecule has 4 atom stereocenters. The highest BCUT2D eigenvalue weighted by molar-refractivity contribution is 7.16. The van der Waals surface area contributed by atoms with E-state index >= 15 is 0 Å². The predicted molar refractivity (Wildman–Crippen MR) is 116 cm³/mol. The van der Waals surface area contributed by atoms with Crippen LogP contribution in [0.25, 0.3) is 10.6 Å². The smallest absolute Gasteiger partial charge is 0.280 e. The van der Waals surface area contributed by atoms with Gasteiger partial charge >= 0.3 is 0 Å². The van der Waals surface area contributed by atoms with Crippen molar-refractivity contribution in [2.75, 3.05) is 13.2 Å². The molecule has 3 aliphatic rings. The summed E-state index contributed by atoms with van der Waals surface area (Å²) in [7, 11) is 0. The summed E-state index contributed by atoms with van der Waals surface area (Å²) in [6.07, 6.45) is 6.36. The van der Waals surface area contributed by atoms with E-state index in [1.165, 1.54) is 16.2 Å². The average Bonchev–Trinajstić information content (AvgIpc) is 3.59. The first-order valence-electron chi connectivity index (χ1n) is 10.7. The Morgan fingerprint density at radius 1 is 1.31 bits per heavy atom. The zero-order valence-corrected chi connectivity index (χ0v) is 18.7. The molecule has 0 unspecified atom stereocenters. The van der Waals surface area contributed by atoms with Crippen LogP contribution in [0.3, 0.4) is 0 Å². The van der Waals surface area contributed by atoms with Crippen molar-refractivity contribution in [2.45, 2.75) is 49.2 Å². The number of ketones is 1. The van der Waals surface area contributed by atoms with Crippen LogP contribution in [0.5, 0.6) is 0 Å². The standard InChI is InChI=1S/C21H22ClN5O4S/c22-12-9-27(17-14(28)10-31-18(12)17)21(30)16(11-4-1-2-5-11)25-19(29)20-23-8-15(32-20)13-6-3-7-24-26-13/h3,6-8,11-12,16-18H,1-2,4-5,9-10H2,(H,25,29)/t12-,16-,17+,18+/m0/s1. The predicted octanol–water partition coefficient (Wildman–Crippen LogP) is 1.67. The van der Waals surface area contributed by atoms with Crippen LogP contribution in [-0.4, -0.2) is 74.4 Å². The maximum absolute atomic E-state index is 13.6. The fourth-order valence-corrected chi connectivity index (χ4v) is 5.95. The van der Waals surface area contributed by atoms with E-state index in [-0.39, 0.29) is 35.8 Å². The lowest BCUT2D eigenvalue weighted by Crippen LogP contribution is -2.54. The molecule has 2 aliphatic heterocycles. The summed E-state index contributed by atoms with van der Waals surface area (Å²) in [5.74, 6) is -0.817. The van der Waals surface area contributed by atoms with Gasteiger partial charge in [0, 0.05) is 18.9 Å². The second-order valence-electron chi connectivity index (χ2n) is 8.33. The van der Waals surface area contributed by atoms with Crippen LogP contribution in [0.15, 0.2) is 24.5 Å². The van der Waals surface area contributed by atoms with E-state index in [1.54, 1.807) is 24.5 Å². The lowest BCUT2D eigenvalue weighted by Gasteiger charge is -2.30. The van der Waals surface area contributed by atoms with Gasteiger partial charge in [0.25, 0.3) is 5.91 Å². The number of aromatic nitrogens is 3. The lowest BCUT2D eigenvalue weighted by atomic mass is 9.96. The Hall–Kier alpha value is -2.43. The molecule has 1 N–H and O–H groups in total. The first-order valence-corrected chi connectivity index (χ1v) is 11.9. The van der Waals surface area contributed by atoms with Gasteiger partial charge in [-0.3, -0.25) is 14.4 Å². The summed E-state index contributed by atoms with van der Waals surface area (Å²) in [6.45, 7) is 0.196. The molecular weight excluding hydrogens is 454 g/mol. The monoisotopic (exact) mass is 475 g/mol. The molecule has 0 bridgehead atoms. The summed E-state index contributed by atoms with van der Waals surface area (Å²) < 4.78 is 5.50. The average molecular weight is 476 g/mol. The zero-order chi connectivity index (χ0) is 22.2. The van der Waals surface area contributed by atoms with Crippen molar-refractivity contribution >= 4 is 40.5 Å². The topological polar surface area (TPSA) is 114 Å². The van der Waals surface area contributed by atoms with Crippen molar-refractivity contribution in [1.82, 2.24) is 25.4 Å². The van der Waals surface area contributed by atoms with Gasteiger partial charge in [-0.15, -0.1) is 28.0 Å². The molecule has 1 aliphatic carbocycles. The highest BCUT2D eigenvalue weighted by Crippen LogP contribution is 2.34. The number of fused-ring (bicyclic) bond motifs is 1. The van der Waals surface area contributed by atoms with Gasteiger partial charge in [0.15, 0.2) is 10.8 Å². The molecule has 0 radical (unpaired) electrons. The van der Waals surface area contributed by atoms with Crippen LogP contribution in [0.1, 0.15) is 35.5 Å². The third-order valence-electron chi connectivity index (χ3n) is 6.35. The van der Waals surface area contributed by atoms with E-state index in [0.29, 0.717) is 10.6 Å². The van der Waals surface area contributed by atoms with Crippen molar-refractivity contribution in [1.29, 1.82) is 0 Å². The van der Waals surface area contributed by atoms with Gasteiger partial charge in [0.1, 0.15) is 30.5 Å². The van der Waals surface area contributed by atoms with E-state index in [0.717, 1.165) is 25.7 Å². The Morgan fingerprint density at radius 2 is 2.12 bits per heavy atom. The number of likely N-dealkylation sites (tertiary alicyclic amines) is 1. The molecule has 0 aromatic carbocycles. The van der Waals surface area contributed by atoms with Crippen molar-refractivity contribution < 1.29 is 19.1 Å². The number of hydrogen-bond donors (Lipinski definition) is 1. The van der Waals surface area contributed by atoms with E-state index in [9.17, 15) is 14.4 Å². The third-order valence-corrected chi connectivity index (χ3v) is 7.76. The Morgan fingerprint density at radius 3 is 2.88 bits per heavy atom. The number of carbonyl (C=O) groups excluding carboxylic acids is 3. The molecule has 4 heterocycles. The van der Waals surface area contributed by atoms with Crippen LogP contribution in [0.4, 0.5) is 0 Å². The van der Waals surface area contributed by atoms with Gasteiger partial charge < -0.3 is 15.0 Å². The first kappa shape index (κ1) is 21.4. The number of hydrogen-bond acceptors (Lipinski definition) is 8. The molecule has 168 valence electrons. The molecule has 2 aromatic rings. The Balaban J connectivity index is 1.36. The molecule has 2 aromatic heterocycles. The Labute approximate surface area is 193 Å². The van der Waals surface area contributed by atoms with Crippen molar-refractivity contribution in [2.24, 2.45) is 5.92 Å². The molecule has 2 amide bonds. The number of thiazole rings is 1. The minimum Gasteiger partial charge on any atom is -0.366 e. The maximum atomic E-state index is 13.6. The van der Waals surface area contributed by atoms with Crippen LogP contribution in [-0.2, 0) is 14.3 Å². The van der Waals surface area contributed by atoms with Gasteiger partial charge in [-0.25, -0.2) is 4.98 Å². The van der Waals surface area contributed by atoms with Gasteiger partial charge in [-0.1, -0.05) is 12.8 Å². The number of Topliss-reactive ketones (excluding diaryl/α,β-unsaturated/α-hetero) is 1. The SMILES string of the molecule is O=C(N[C@H](C(=O)N1C[C@H](Cl)[C@H]2OCC(=O)[C@H]21)C1CCCC1)c1ncc(-c2cccnn2)s1. The molecule has 32 heavy (non-hydrogen) atoms. The minimum atomic E-state index is -0.732. The van der Waals surface area contributed by atoms with Gasteiger partial charge in [0.2, 0.25) is 5.91 Å². The number of amides is 2. The lowest BCUT2D eigenvalue weighted by molar-refractivity contribution is -0.139. The van der Waals surface area contributed by atoms with Gasteiger partial charge in [0.05, 0.1) is 10.3 Å². The van der Waals surface area contributed by atoms with Crippen molar-refractivity contribution in [3.05, 3.63) is 29.5 Å². The van der Waals surface area contributed by atoms with Crippen LogP contribution < -0.4 is 5.32 Å². The number of carbonyl (C=O) groups is 3. The molecule has 9 nitrogen and oxygen atoms in total. The van der Waals surface area contributed by atoms with Crippen molar-refractivity contribution in [3.63, 3.8) is 0 Å². The Kier molecular flexibility index (Phi) is 5.92. The molecular formula is C21H22ClN5O4S. The van der Waals surface area contributed by atoms with Crippen LogP contribution >= 0.6 is 22.9 Å². The van der Waals surface area contributed by atoms with E-state index in [1.807, 2.05) is 0 Å². The van der Waals surface area contributed by atoms with Gasteiger partial charge in [-0.05, 0) is 30.9 Å². The zero-order valence-electron chi connectivity index (χ0n) is 17.1.